The van der Waals surface area contributed by atoms with Gasteiger partial charge in [0, 0.05) is 17.0 Å². The van der Waals surface area contributed by atoms with Crippen LogP contribution < -0.4 is 10.2 Å². The van der Waals surface area contributed by atoms with Crippen molar-refractivity contribution in [1.82, 2.24) is 0 Å². The summed E-state index contributed by atoms with van der Waals surface area (Å²) in [6, 6.07) is 4.58. The standard InChI is InChI=1S/C17H15F3N2O4S/c1-2-5-22-12-8-11(3-4-13(12)27-9-15(22)24)21-14(23)6-10(7-16(25)26)17(18,19)20/h1,3-4,8,10H,5-7,9H2,(H,21,23)(H,25,26). The predicted octanol–water partition coefficient (Wildman–Crippen LogP) is 2.74. The molecule has 6 nitrogen and oxygen atoms in total. The Morgan fingerprint density at radius 3 is 2.67 bits per heavy atom. The van der Waals surface area contributed by atoms with Gasteiger partial charge in [0.05, 0.1) is 30.3 Å². The normalized spacial score (nSPS) is 14.9. The Kier molecular flexibility index (Phi) is 6.38. The number of hydrogen-bond donors (Lipinski definition) is 2. The number of halogens is 3. The van der Waals surface area contributed by atoms with Gasteiger partial charge in [0.25, 0.3) is 0 Å². The third-order valence-electron chi connectivity index (χ3n) is 3.75. The number of fused-ring (bicyclic) bond motifs is 1. The molecule has 1 aromatic rings. The van der Waals surface area contributed by atoms with Gasteiger partial charge in [0.2, 0.25) is 11.8 Å². The molecule has 0 spiro atoms. The number of terminal acetylenes is 1. The molecule has 10 heteroatoms. The highest BCUT2D eigenvalue weighted by molar-refractivity contribution is 8.00. The molecule has 27 heavy (non-hydrogen) atoms. The quantitative estimate of drug-likeness (QED) is 0.717. The van der Waals surface area contributed by atoms with Crippen LogP contribution in [-0.4, -0.2) is 41.4 Å². The third kappa shape index (κ3) is 5.40. The van der Waals surface area contributed by atoms with E-state index in [4.69, 9.17) is 11.5 Å². The van der Waals surface area contributed by atoms with E-state index in [0.717, 1.165) is 4.90 Å². The molecule has 1 aliphatic rings. The van der Waals surface area contributed by atoms with Gasteiger partial charge in [-0.2, -0.15) is 13.2 Å². The summed E-state index contributed by atoms with van der Waals surface area (Å²) >= 11 is 1.29. The topological polar surface area (TPSA) is 86.7 Å². The number of carboxylic acids is 1. The highest BCUT2D eigenvalue weighted by Gasteiger charge is 2.42. The molecule has 144 valence electrons. The number of rotatable bonds is 6. The number of anilines is 2. The molecule has 2 rings (SSSR count). The van der Waals surface area contributed by atoms with E-state index in [2.05, 4.69) is 11.2 Å². The lowest BCUT2D eigenvalue weighted by Gasteiger charge is -2.28. The minimum Gasteiger partial charge on any atom is -0.481 e. The molecule has 1 aliphatic heterocycles. The lowest BCUT2D eigenvalue weighted by atomic mass is 10.0. The maximum atomic E-state index is 12.9. The smallest absolute Gasteiger partial charge is 0.392 e. The molecule has 2 N–H and O–H groups in total. The first-order valence-electron chi connectivity index (χ1n) is 7.71. The van der Waals surface area contributed by atoms with Crippen molar-refractivity contribution in [2.75, 3.05) is 22.5 Å². The van der Waals surface area contributed by atoms with E-state index in [1.807, 2.05) is 0 Å². The first-order chi connectivity index (χ1) is 12.6. The lowest BCUT2D eigenvalue weighted by molar-refractivity contribution is -0.185. The van der Waals surface area contributed by atoms with Crippen molar-refractivity contribution in [3.8, 4) is 12.3 Å². The van der Waals surface area contributed by atoms with Crippen LogP contribution in [0.25, 0.3) is 0 Å². The highest BCUT2D eigenvalue weighted by Crippen LogP contribution is 2.37. The van der Waals surface area contributed by atoms with E-state index in [9.17, 15) is 27.6 Å². The van der Waals surface area contributed by atoms with Crippen molar-refractivity contribution in [1.29, 1.82) is 0 Å². The van der Waals surface area contributed by atoms with Crippen molar-refractivity contribution in [3.63, 3.8) is 0 Å². The summed E-state index contributed by atoms with van der Waals surface area (Å²) in [5.74, 6) is -2.55. The van der Waals surface area contributed by atoms with Gasteiger partial charge in [-0.3, -0.25) is 19.3 Å². The van der Waals surface area contributed by atoms with Crippen LogP contribution in [0.15, 0.2) is 23.1 Å². The summed E-state index contributed by atoms with van der Waals surface area (Å²) in [6.45, 7) is 0.0263. The zero-order chi connectivity index (χ0) is 20.2. The number of benzene rings is 1. The molecule has 0 bridgehead atoms. The van der Waals surface area contributed by atoms with Crippen LogP contribution in [0, 0.1) is 18.3 Å². The number of carboxylic acid groups (broad SMARTS) is 1. The predicted molar refractivity (Wildman–Crippen MR) is 93.4 cm³/mol. The molecule has 0 saturated carbocycles. The van der Waals surface area contributed by atoms with Gasteiger partial charge in [-0.15, -0.1) is 18.2 Å². The molecular formula is C17H15F3N2O4S. The van der Waals surface area contributed by atoms with Gasteiger partial charge >= 0.3 is 12.1 Å². The Morgan fingerprint density at radius 1 is 1.37 bits per heavy atom. The first kappa shape index (κ1) is 20.6. The third-order valence-corrected chi connectivity index (χ3v) is 4.80. The largest absolute Gasteiger partial charge is 0.481 e. The summed E-state index contributed by atoms with van der Waals surface area (Å²) in [4.78, 5) is 36.6. The van der Waals surface area contributed by atoms with Crippen molar-refractivity contribution in [2.45, 2.75) is 23.9 Å². The average molecular weight is 400 g/mol. The molecule has 1 aromatic carbocycles. The molecule has 1 atom stereocenters. The van der Waals surface area contributed by atoms with Crippen molar-refractivity contribution in [3.05, 3.63) is 18.2 Å². The van der Waals surface area contributed by atoms with Gasteiger partial charge < -0.3 is 10.4 Å². The maximum Gasteiger partial charge on any atom is 0.392 e. The number of carbonyl (C=O) groups excluding carboxylic acids is 2. The van der Waals surface area contributed by atoms with Crippen LogP contribution >= 0.6 is 11.8 Å². The van der Waals surface area contributed by atoms with Crippen LogP contribution in [0.2, 0.25) is 0 Å². The maximum absolute atomic E-state index is 12.9. The number of nitrogens with one attached hydrogen (secondary N) is 1. The van der Waals surface area contributed by atoms with Crippen molar-refractivity contribution >= 4 is 40.9 Å². The highest BCUT2D eigenvalue weighted by atomic mass is 32.2. The second-order valence-corrected chi connectivity index (χ2v) is 6.76. The fourth-order valence-corrected chi connectivity index (χ4v) is 3.41. The monoisotopic (exact) mass is 400 g/mol. The number of nitrogens with zero attached hydrogens (tertiary/aromatic N) is 1. The first-order valence-corrected chi connectivity index (χ1v) is 8.69. The molecule has 0 radical (unpaired) electrons. The Balaban J connectivity index is 2.15. The van der Waals surface area contributed by atoms with E-state index in [-0.39, 0.29) is 23.9 Å². The number of hydrogen-bond acceptors (Lipinski definition) is 4. The molecule has 1 heterocycles. The molecule has 0 fully saturated rings. The van der Waals surface area contributed by atoms with Crippen LogP contribution in [-0.2, 0) is 14.4 Å². The molecule has 1 unspecified atom stereocenters. The van der Waals surface area contributed by atoms with Gasteiger partial charge in [0.15, 0.2) is 0 Å². The average Bonchev–Trinajstić information content (AvgIpc) is 2.56. The van der Waals surface area contributed by atoms with Crippen molar-refractivity contribution < 1.29 is 32.7 Å². The Morgan fingerprint density at radius 2 is 2.07 bits per heavy atom. The fraction of sp³-hybridized carbons (Fsp3) is 0.353. The number of alkyl halides is 3. The number of amides is 2. The SMILES string of the molecule is C#CCN1C(=O)CSc2ccc(NC(=O)CC(CC(=O)O)C(F)(F)F)cc21. The van der Waals surface area contributed by atoms with Gasteiger partial charge in [-0.1, -0.05) is 5.92 Å². The second-order valence-electron chi connectivity index (χ2n) is 5.74. The van der Waals surface area contributed by atoms with Crippen LogP contribution in [0.4, 0.5) is 24.5 Å². The summed E-state index contributed by atoms with van der Waals surface area (Å²) in [6.07, 6.45) is -1.76. The van der Waals surface area contributed by atoms with E-state index in [0.29, 0.717) is 5.69 Å². The van der Waals surface area contributed by atoms with Crippen LogP contribution in [0.1, 0.15) is 12.8 Å². The molecule has 0 aliphatic carbocycles. The summed E-state index contributed by atoms with van der Waals surface area (Å²) in [7, 11) is 0. The summed E-state index contributed by atoms with van der Waals surface area (Å²) < 4.78 is 38.6. The zero-order valence-corrected chi connectivity index (χ0v) is 14.7. The molecule has 2 amide bonds. The van der Waals surface area contributed by atoms with Gasteiger partial charge in [-0.25, -0.2) is 0 Å². The van der Waals surface area contributed by atoms with Crippen molar-refractivity contribution in [2.24, 2.45) is 5.92 Å². The van der Waals surface area contributed by atoms with E-state index < -0.39 is 36.8 Å². The van der Waals surface area contributed by atoms with E-state index >= 15 is 0 Å². The number of carbonyl (C=O) groups is 3. The van der Waals surface area contributed by atoms with E-state index in [1.165, 1.54) is 28.8 Å². The Bertz CT molecular complexity index is 804. The zero-order valence-electron chi connectivity index (χ0n) is 13.9. The Labute approximate surface area is 157 Å². The van der Waals surface area contributed by atoms with E-state index in [1.54, 1.807) is 6.07 Å². The van der Waals surface area contributed by atoms with Gasteiger partial charge in [-0.05, 0) is 18.2 Å². The minimum atomic E-state index is -4.81. The lowest BCUT2D eigenvalue weighted by Crippen LogP contribution is -2.35. The number of aliphatic carboxylic acids is 1. The minimum absolute atomic E-state index is 0.0263. The summed E-state index contributed by atoms with van der Waals surface area (Å²) in [5.41, 5.74) is 0.650. The summed E-state index contributed by atoms with van der Waals surface area (Å²) in [5, 5.41) is 10.9. The Hall–Kier alpha value is -2.67. The molecule has 0 saturated heterocycles. The molecular weight excluding hydrogens is 385 g/mol. The second kappa shape index (κ2) is 8.35. The number of thioether (sulfide) groups is 1. The van der Waals surface area contributed by atoms with Crippen LogP contribution in [0.5, 0.6) is 0 Å². The van der Waals surface area contributed by atoms with Crippen LogP contribution in [0.3, 0.4) is 0 Å². The fourth-order valence-electron chi connectivity index (χ4n) is 2.49. The molecule has 0 aromatic heterocycles. The van der Waals surface area contributed by atoms with Gasteiger partial charge in [0.1, 0.15) is 0 Å².